The summed E-state index contributed by atoms with van der Waals surface area (Å²) in [6, 6.07) is 11.3. The number of aliphatic imine (C=N–C) groups is 2. The Bertz CT molecular complexity index is 848. The summed E-state index contributed by atoms with van der Waals surface area (Å²) in [5, 5.41) is 0. The molecule has 0 amide bonds. The third-order valence-corrected chi connectivity index (χ3v) is 4.03. The Morgan fingerprint density at radius 1 is 0.958 bits per heavy atom. The Balaban J connectivity index is 1.87. The predicted octanol–water partition coefficient (Wildman–Crippen LogP) is 3.01. The molecule has 0 spiro atoms. The van der Waals surface area contributed by atoms with E-state index in [2.05, 4.69) is 9.98 Å². The van der Waals surface area contributed by atoms with Gasteiger partial charge in [-0.3, -0.25) is 9.89 Å². The second-order valence-corrected chi connectivity index (χ2v) is 5.54. The molecule has 24 heavy (non-hydrogen) atoms. The van der Waals surface area contributed by atoms with Crippen LogP contribution in [0.2, 0.25) is 0 Å². The molecule has 2 aliphatic heterocycles. The van der Waals surface area contributed by atoms with Crippen LogP contribution in [-0.4, -0.2) is 38.0 Å². The molecule has 0 saturated heterocycles. The Labute approximate surface area is 138 Å². The number of rotatable bonds is 1. The lowest BCUT2D eigenvalue weighted by molar-refractivity contribution is 0.339. The Kier molecular flexibility index (Phi) is 3.72. The Morgan fingerprint density at radius 3 is 2.62 bits per heavy atom. The van der Waals surface area contributed by atoms with Gasteiger partial charge < -0.3 is 4.74 Å². The molecule has 0 atom stereocenters. The van der Waals surface area contributed by atoms with Crippen molar-refractivity contribution in [1.29, 1.82) is 0 Å². The van der Waals surface area contributed by atoms with Gasteiger partial charge in [0, 0.05) is 17.7 Å². The fourth-order valence-corrected chi connectivity index (χ4v) is 2.97. The first-order chi connectivity index (χ1) is 11.7. The van der Waals surface area contributed by atoms with Crippen LogP contribution in [0.15, 0.2) is 52.4 Å². The van der Waals surface area contributed by atoms with Gasteiger partial charge in [0.25, 0.3) is 6.02 Å². The summed E-state index contributed by atoms with van der Waals surface area (Å²) in [5.74, 6) is -0.775. The molecule has 6 heteroatoms. The monoisotopic (exact) mass is 327 g/mol. The van der Waals surface area contributed by atoms with Gasteiger partial charge >= 0.3 is 0 Å². The van der Waals surface area contributed by atoms with E-state index in [0.29, 0.717) is 49.1 Å². The number of hydrogen-bond acceptors (Lipinski definition) is 4. The average Bonchev–Trinajstić information content (AvgIpc) is 3.05. The normalized spacial score (nSPS) is 16.8. The topological polar surface area (TPSA) is 37.2 Å². The molecule has 4 nitrogen and oxygen atoms in total. The van der Waals surface area contributed by atoms with Crippen LogP contribution in [0.3, 0.4) is 0 Å². The fraction of sp³-hybridized carbons (Fsp3) is 0.222. The van der Waals surface area contributed by atoms with Crippen LogP contribution >= 0.6 is 0 Å². The molecule has 4 rings (SSSR count). The van der Waals surface area contributed by atoms with Crippen molar-refractivity contribution in [1.82, 2.24) is 0 Å². The van der Waals surface area contributed by atoms with Gasteiger partial charge in [-0.05, 0) is 30.3 Å². The van der Waals surface area contributed by atoms with Crippen LogP contribution in [0.5, 0.6) is 0 Å². The number of halogens is 2. The van der Waals surface area contributed by atoms with E-state index in [1.165, 1.54) is 18.2 Å². The number of anilines is 1. The minimum Gasteiger partial charge on any atom is -0.463 e. The Hall–Kier alpha value is -2.76. The molecule has 0 aromatic heterocycles. The van der Waals surface area contributed by atoms with Gasteiger partial charge in [-0.15, -0.1) is 0 Å². The molecule has 2 aliphatic rings. The molecule has 0 unspecified atom stereocenters. The second kappa shape index (κ2) is 6.03. The molecule has 2 aromatic carbocycles. The van der Waals surface area contributed by atoms with Crippen molar-refractivity contribution in [3.8, 4) is 0 Å². The van der Waals surface area contributed by atoms with E-state index in [-0.39, 0.29) is 5.82 Å². The van der Waals surface area contributed by atoms with Gasteiger partial charge in [0.15, 0.2) is 0 Å². The van der Waals surface area contributed by atoms with Gasteiger partial charge in [0.05, 0.1) is 24.5 Å². The number of fused-ring (bicyclic) bond motifs is 1. The highest BCUT2D eigenvalue weighted by Gasteiger charge is 2.26. The van der Waals surface area contributed by atoms with Crippen LogP contribution in [-0.2, 0) is 4.74 Å². The first-order valence-corrected chi connectivity index (χ1v) is 7.78. The van der Waals surface area contributed by atoms with Crippen LogP contribution in [0.25, 0.3) is 0 Å². The standard InChI is InChI=1S/C18H15F2N3O/c19-12-5-6-16-14(11-12)17(13-3-1-2-4-15(13)20)21-7-9-23(16)18-22-8-10-24-18/h1-6,11H,7-10H2. The molecular weight excluding hydrogens is 312 g/mol. The van der Waals surface area contributed by atoms with E-state index in [0.717, 1.165) is 5.69 Å². The molecule has 0 fully saturated rings. The smallest absolute Gasteiger partial charge is 0.292 e. The molecular formula is C18H15F2N3O. The van der Waals surface area contributed by atoms with Crippen LogP contribution in [0.4, 0.5) is 14.5 Å². The van der Waals surface area contributed by atoms with Crippen LogP contribution in [0.1, 0.15) is 11.1 Å². The summed E-state index contributed by atoms with van der Waals surface area (Å²) in [7, 11) is 0. The molecule has 2 aromatic rings. The van der Waals surface area contributed by atoms with Crippen molar-refractivity contribution >= 4 is 17.4 Å². The lowest BCUT2D eigenvalue weighted by Gasteiger charge is -2.23. The first kappa shape index (κ1) is 14.8. The largest absolute Gasteiger partial charge is 0.463 e. The quantitative estimate of drug-likeness (QED) is 0.807. The maximum atomic E-state index is 14.3. The SMILES string of the molecule is Fc1ccc2c(c1)C(c1ccccc1F)=NCCN2C1=NCCO1. The number of hydrogen-bond donors (Lipinski definition) is 0. The minimum atomic E-state index is -0.395. The lowest BCUT2D eigenvalue weighted by atomic mass is 9.99. The molecule has 0 aliphatic carbocycles. The maximum absolute atomic E-state index is 14.3. The molecule has 0 bridgehead atoms. The summed E-state index contributed by atoms with van der Waals surface area (Å²) in [4.78, 5) is 10.7. The maximum Gasteiger partial charge on any atom is 0.292 e. The number of ether oxygens (including phenoxy) is 1. The number of nitrogens with zero attached hydrogens (tertiary/aromatic N) is 3. The van der Waals surface area contributed by atoms with Crippen molar-refractivity contribution < 1.29 is 13.5 Å². The molecule has 2 heterocycles. The highest BCUT2D eigenvalue weighted by molar-refractivity contribution is 6.18. The molecule has 0 saturated carbocycles. The van der Waals surface area contributed by atoms with Crippen LogP contribution < -0.4 is 4.90 Å². The first-order valence-electron chi connectivity index (χ1n) is 7.78. The number of benzene rings is 2. The summed E-state index contributed by atoms with van der Waals surface area (Å²) in [6.07, 6.45) is 0. The average molecular weight is 327 g/mol. The van der Waals surface area contributed by atoms with E-state index in [4.69, 9.17) is 4.74 Å². The van der Waals surface area contributed by atoms with E-state index >= 15 is 0 Å². The molecule has 0 N–H and O–H groups in total. The van der Waals surface area contributed by atoms with Crippen molar-refractivity contribution in [2.24, 2.45) is 9.98 Å². The van der Waals surface area contributed by atoms with Gasteiger partial charge in [0.2, 0.25) is 0 Å². The fourth-order valence-electron chi connectivity index (χ4n) is 2.97. The number of amidine groups is 1. The third kappa shape index (κ3) is 2.54. The zero-order valence-electron chi connectivity index (χ0n) is 12.9. The van der Waals surface area contributed by atoms with Gasteiger partial charge in [-0.1, -0.05) is 12.1 Å². The Morgan fingerprint density at radius 2 is 1.83 bits per heavy atom. The van der Waals surface area contributed by atoms with Crippen molar-refractivity contribution in [3.63, 3.8) is 0 Å². The van der Waals surface area contributed by atoms with Gasteiger partial charge in [-0.2, -0.15) is 0 Å². The zero-order valence-corrected chi connectivity index (χ0v) is 12.9. The second-order valence-electron chi connectivity index (χ2n) is 5.54. The van der Waals surface area contributed by atoms with Crippen molar-refractivity contribution in [2.45, 2.75) is 0 Å². The zero-order chi connectivity index (χ0) is 16.5. The van der Waals surface area contributed by atoms with Crippen LogP contribution in [0, 0.1) is 11.6 Å². The van der Waals surface area contributed by atoms with Crippen molar-refractivity contribution in [3.05, 3.63) is 65.2 Å². The summed E-state index contributed by atoms with van der Waals surface area (Å²) in [6.45, 7) is 2.10. The summed E-state index contributed by atoms with van der Waals surface area (Å²) in [5.41, 5.74) is 2.07. The predicted molar refractivity (Wildman–Crippen MR) is 88.9 cm³/mol. The summed E-state index contributed by atoms with van der Waals surface area (Å²) < 4.78 is 33.7. The highest BCUT2D eigenvalue weighted by atomic mass is 19.1. The van der Waals surface area contributed by atoms with Crippen molar-refractivity contribution in [2.75, 3.05) is 31.1 Å². The van der Waals surface area contributed by atoms with E-state index in [1.807, 2.05) is 4.90 Å². The third-order valence-electron chi connectivity index (χ3n) is 4.03. The van der Waals surface area contributed by atoms with Gasteiger partial charge in [0.1, 0.15) is 18.2 Å². The molecule has 0 radical (unpaired) electrons. The van der Waals surface area contributed by atoms with E-state index < -0.39 is 5.82 Å². The number of benzodiazepines with no additional fused rings is 1. The molecule has 122 valence electrons. The summed E-state index contributed by atoms with van der Waals surface area (Å²) >= 11 is 0. The lowest BCUT2D eigenvalue weighted by Crippen LogP contribution is -2.33. The highest BCUT2D eigenvalue weighted by Crippen LogP contribution is 2.29. The van der Waals surface area contributed by atoms with Gasteiger partial charge in [-0.25, -0.2) is 13.8 Å². The van der Waals surface area contributed by atoms with E-state index in [9.17, 15) is 8.78 Å². The minimum absolute atomic E-state index is 0.362. The van der Waals surface area contributed by atoms with E-state index in [1.54, 1.807) is 24.3 Å².